The van der Waals surface area contributed by atoms with Gasteiger partial charge in [0, 0.05) is 31.0 Å². The Morgan fingerprint density at radius 3 is 2.87 bits per heavy atom. The van der Waals surface area contributed by atoms with Crippen LogP contribution >= 0.6 is 0 Å². The second-order valence-electron chi connectivity index (χ2n) is 4.23. The maximum absolute atomic E-state index is 12.0. The van der Waals surface area contributed by atoms with Gasteiger partial charge in [-0.25, -0.2) is 0 Å². The highest BCUT2D eigenvalue weighted by atomic mass is 16.2. The molecule has 15 heavy (non-hydrogen) atoms. The van der Waals surface area contributed by atoms with E-state index in [0.717, 1.165) is 25.1 Å². The summed E-state index contributed by atoms with van der Waals surface area (Å²) in [6.07, 6.45) is 5.69. The molecule has 2 heterocycles. The van der Waals surface area contributed by atoms with Gasteiger partial charge in [0.2, 0.25) is 0 Å². The van der Waals surface area contributed by atoms with Gasteiger partial charge in [0.05, 0.1) is 0 Å². The van der Waals surface area contributed by atoms with Crippen molar-refractivity contribution in [2.75, 3.05) is 13.1 Å². The number of aromatic nitrogens is 1. The number of carbonyl (C=O) groups is 1. The average molecular weight is 204 g/mol. The summed E-state index contributed by atoms with van der Waals surface area (Å²) in [7, 11) is 0. The van der Waals surface area contributed by atoms with Crippen LogP contribution in [0.5, 0.6) is 0 Å². The Morgan fingerprint density at radius 2 is 2.20 bits per heavy atom. The molecule has 0 aromatic carbocycles. The van der Waals surface area contributed by atoms with Gasteiger partial charge in [0.1, 0.15) is 0 Å². The molecular weight excluding hydrogens is 188 g/mol. The predicted octanol–water partition coefficient (Wildman–Crippen LogP) is 1.95. The Bertz CT molecular complexity index is 337. The Morgan fingerprint density at radius 1 is 1.47 bits per heavy atom. The van der Waals surface area contributed by atoms with Gasteiger partial charge in [0.15, 0.2) is 0 Å². The first-order valence-electron chi connectivity index (χ1n) is 5.46. The number of nitrogens with zero attached hydrogens (tertiary/aromatic N) is 2. The van der Waals surface area contributed by atoms with E-state index in [1.165, 1.54) is 6.42 Å². The molecule has 0 unspecified atom stereocenters. The van der Waals surface area contributed by atoms with Crippen molar-refractivity contribution in [2.24, 2.45) is 5.92 Å². The summed E-state index contributed by atoms with van der Waals surface area (Å²) in [6.45, 7) is 3.98. The molecular formula is C12H16N2O. The zero-order valence-electron chi connectivity index (χ0n) is 9.02. The molecule has 1 saturated heterocycles. The normalized spacial score (nSPS) is 21.4. The maximum Gasteiger partial charge on any atom is 0.253 e. The highest BCUT2D eigenvalue weighted by Gasteiger charge is 2.21. The Balaban J connectivity index is 2.08. The van der Waals surface area contributed by atoms with E-state index < -0.39 is 0 Å². The molecule has 1 atom stereocenters. The number of rotatable bonds is 1. The van der Waals surface area contributed by atoms with Gasteiger partial charge in [-0.3, -0.25) is 9.78 Å². The first-order valence-corrected chi connectivity index (χ1v) is 5.46. The minimum Gasteiger partial charge on any atom is -0.338 e. The number of likely N-dealkylation sites (tertiary alicyclic amines) is 1. The van der Waals surface area contributed by atoms with Crippen molar-refractivity contribution >= 4 is 5.91 Å². The molecule has 2 rings (SSSR count). The fourth-order valence-electron chi connectivity index (χ4n) is 2.05. The number of hydrogen-bond acceptors (Lipinski definition) is 2. The Labute approximate surface area is 90.1 Å². The molecule has 3 nitrogen and oxygen atoms in total. The van der Waals surface area contributed by atoms with Crippen LogP contribution in [0.3, 0.4) is 0 Å². The van der Waals surface area contributed by atoms with Gasteiger partial charge < -0.3 is 4.90 Å². The molecule has 1 aromatic heterocycles. The van der Waals surface area contributed by atoms with Crippen molar-refractivity contribution in [1.82, 2.24) is 9.88 Å². The van der Waals surface area contributed by atoms with Crippen LogP contribution in [0.4, 0.5) is 0 Å². The zero-order chi connectivity index (χ0) is 10.7. The van der Waals surface area contributed by atoms with Gasteiger partial charge in [0.25, 0.3) is 5.91 Å². The molecule has 0 saturated carbocycles. The van der Waals surface area contributed by atoms with Crippen LogP contribution in [0.25, 0.3) is 0 Å². The lowest BCUT2D eigenvalue weighted by Crippen LogP contribution is -2.39. The second kappa shape index (κ2) is 4.43. The third-order valence-corrected chi connectivity index (χ3v) is 2.87. The van der Waals surface area contributed by atoms with Crippen molar-refractivity contribution in [3.63, 3.8) is 0 Å². The van der Waals surface area contributed by atoms with Gasteiger partial charge in [-0.15, -0.1) is 0 Å². The molecule has 1 aromatic rings. The van der Waals surface area contributed by atoms with E-state index in [1.54, 1.807) is 24.5 Å². The zero-order valence-corrected chi connectivity index (χ0v) is 9.02. The maximum atomic E-state index is 12.0. The first-order chi connectivity index (χ1) is 7.27. The summed E-state index contributed by atoms with van der Waals surface area (Å²) in [5.41, 5.74) is 0.749. The van der Waals surface area contributed by atoms with E-state index in [0.29, 0.717) is 5.92 Å². The summed E-state index contributed by atoms with van der Waals surface area (Å²) in [6, 6.07) is 3.56. The number of hydrogen-bond donors (Lipinski definition) is 0. The van der Waals surface area contributed by atoms with Crippen LogP contribution in [0.2, 0.25) is 0 Å². The molecule has 1 fully saturated rings. The van der Waals surface area contributed by atoms with E-state index >= 15 is 0 Å². The van der Waals surface area contributed by atoms with E-state index in [-0.39, 0.29) is 5.91 Å². The van der Waals surface area contributed by atoms with E-state index in [2.05, 4.69) is 11.9 Å². The van der Waals surface area contributed by atoms with E-state index in [1.807, 2.05) is 4.90 Å². The summed E-state index contributed by atoms with van der Waals surface area (Å²) in [4.78, 5) is 17.9. The predicted molar refractivity (Wildman–Crippen MR) is 58.5 cm³/mol. The van der Waals surface area contributed by atoms with Crippen molar-refractivity contribution in [3.8, 4) is 0 Å². The van der Waals surface area contributed by atoms with Gasteiger partial charge in [-0.1, -0.05) is 6.92 Å². The van der Waals surface area contributed by atoms with Gasteiger partial charge in [-0.2, -0.15) is 0 Å². The minimum absolute atomic E-state index is 0.143. The van der Waals surface area contributed by atoms with E-state index in [9.17, 15) is 4.79 Å². The third kappa shape index (κ3) is 2.35. The fourth-order valence-corrected chi connectivity index (χ4v) is 2.05. The minimum atomic E-state index is 0.143. The van der Waals surface area contributed by atoms with E-state index in [4.69, 9.17) is 0 Å². The monoisotopic (exact) mass is 204 g/mol. The number of pyridine rings is 1. The molecule has 1 aliphatic heterocycles. The van der Waals surface area contributed by atoms with Crippen molar-refractivity contribution in [2.45, 2.75) is 19.8 Å². The van der Waals surface area contributed by atoms with Gasteiger partial charge >= 0.3 is 0 Å². The number of piperidine rings is 1. The molecule has 0 bridgehead atoms. The van der Waals surface area contributed by atoms with Crippen LogP contribution in [-0.2, 0) is 0 Å². The quantitative estimate of drug-likeness (QED) is 0.700. The number of amides is 1. The van der Waals surface area contributed by atoms with Crippen LogP contribution in [0.1, 0.15) is 30.1 Å². The Kier molecular flexibility index (Phi) is 2.99. The van der Waals surface area contributed by atoms with Crippen LogP contribution in [-0.4, -0.2) is 28.9 Å². The molecule has 3 heteroatoms. The van der Waals surface area contributed by atoms with Crippen LogP contribution in [0, 0.1) is 5.92 Å². The summed E-state index contributed by atoms with van der Waals surface area (Å²) in [5, 5.41) is 0. The lowest BCUT2D eigenvalue weighted by atomic mass is 10.00. The molecule has 0 aliphatic carbocycles. The molecule has 80 valence electrons. The average Bonchev–Trinajstić information content (AvgIpc) is 2.29. The first kappa shape index (κ1) is 10.1. The van der Waals surface area contributed by atoms with Crippen molar-refractivity contribution < 1.29 is 4.79 Å². The standard InChI is InChI=1S/C12H16N2O/c1-10-3-2-8-14(9-10)12(15)11-4-6-13-7-5-11/h4-7,10H,2-3,8-9H2,1H3/t10-/m1/s1. The highest BCUT2D eigenvalue weighted by Crippen LogP contribution is 2.17. The van der Waals surface area contributed by atoms with Crippen LogP contribution in [0.15, 0.2) is 24.5 Å². The SMILES string of the molecule is C[C@@H]1CCCN(C(=O)c2ccncc2)C1. The molecule has 0 N–H and O–H groups in total. The lowest BCUT2D eigenvalue weighted by Gasteiger charge is -2.30. The molecule has 0 radical (unpaired) electrons. The Hall–Kier alpha value is -1.38. The molecule has 1 amide bonds. The summed E-state index contributed by atoms with van der Waals surface area (Å²) in [5.74, 6) is 0.772. The second-order valence-corrected chi connectivity index (χ2v) is 4.23. The molecule has 1 aliphatic rings. The number of carbonyl (C=O) groups excluding carboxylic acids is 1. The summed E-state index contributed by atoms with van der Waals surface area (Å²) >= 11 is 0. The van der Waals surface area contributed by atoms with Gasteiger partial charge in [-0.05, 0) is 30.9 Å². The summed E-state index contributed by atoms with van der Waals surface area (Å²) < 4.78 is 0. The van der Waals surface area contributed by atoms with Crippen molar-refractivity contribution in [3.05, 3.63) is 30.1 Å². The largest absolute Gasteiger partial charge is 0.338 e. The highest BCUT2D eigenvalue weighted by molar-refractivity contribution is 5.94. The fraction of sp³-hybridized carbons (Fsp3) is 0.500. The van der Waals surface area contributed by atoms with Crippen molar-refractivity contribution in [1.29, 1.82) is 0 Å². The molecule has 0 spiro atoms. The smallest absolute Gasteiger partial charge is 0.253 e. The lowest BCUT2D eigenvalue weighted by molar-refractivity contribution is 0.0683. The topological polar surface area (TPSA) is 33.2 Å². The third-order valence-electron chi connectivity index (χ3n) is 2.87. The van der Waals surface area contributed by atoms with Crippen LogP contribution < -0.4 is 0 Å².